The molecule has 4 nitrogen and oxygen atoms in total. The van der Waals surface area contributed by atoms with Crippen LogP contribution in [0.1, 0.15) is 16.8 Å². The second-order valence-electron chi connectivity index (χ2n) is 4.18. The van der Waals surface area contributed by atoms with Crippen LogP contribution < -0.4 is 4.90 Å². The number of carbonyl (C=O) groups excluding carboxylic acids is 1. The van der Waals surface area contributed by atoms with Crippen molar-refractivity contribution in [2.75, 3.05) is 11.4 Å². The van der Waals surface area contributed by atoms with Crippen molar-refractivity contribution < 1.29 is 14.7 Å². The number of hydrogen-bond donors (Lipinski definition) is 1. The molecule has 1 aliphatic rings. The highest BCUT2D eigenvalue weighted by Gasteiger charge is 2.30. The summed E-state index contributed by atoms with van der Waals surface area (Å²) in [5, 5.41) is 8.97. The molecule has 0 radical (unpaired) electrons. The molecule has 0 aliphatic carbocycles. The van der Waals surface area contributed by atoms with Gasteiger partial charge in [-0.2, -0.15) is 0 Å². The molecule has 1 aliphatic heterocycles. The maximum Gasteiger partial charge on any atom is 0.335 e. The van der Waals surface area contributed by atoms with Crippen LogP contribution in [0, 0.1) is 5.92 Å². The third-order valence-electron chi connectivity index (χ3n) is 2.97. The molecule has 94 valence electrons. The number of rotatable bonds is 3. The first-order valence-corrected chi connectivity index (χ1v) is 6.28. The van der Waals surface area contributed by atoms with Crippen LogP contribution in [0.5, 0.6) is 0 Å². The Balaban J connectivity index is 2.38. The Labute approximate surface area is 113 Å². The lowest BCUT2D eigenvalue weighted by atomic mass is 10.1. The molecule has 1 heterocycles. The maximum absolute atomic E-state index is 11.9. The first-order chi connectivity index (χ1) is 8.52. The average Bonchev–Trinajstić information content (AvgIpc) is 2.71. The van der Waals surface area contributed by atoms with E-state index in [1.807, 2.05) is 0 Å². The molecule has 1 aromatic rings. The van der Waals surface area contributed by atoms with Gasteiger partial charge in [-0.05, 0) is 34.1 Å². The van der Waals surface area contributed by atoms with Crippen molar-refractivity contribution in [1.29, 1.82) is 0 Å². The van der Waals surface area contributed by atoms with Gasteiger partial charge in [-0.25, -0.2) is 4.79 Å². The number of carboxylic acid groups (broad SMARTS) is 1. The number of benzene rings is 1. The average molecular weight is 310 g/mol. The summed E-state index contributed by atoms with van der Waals surface area (Å²) in [7, 11) is 0. The summed E-state index contributed by atoms with van der Waals surface area (Å²) in [6.07, 6.45) is 2.18. The van der Waals surface area contributed by atoms with E-state index < -0.39 is 5.97 Å². The van der Waals surface area contributed by atoms with E-state index in [9.17, 15) is 9.59 Å². The van der Waals surface area contributed by atoms with Gasteiger partial charge < -0.3 is 10.0 Å². The number of halogens is 1. The van der Waals surface area contributed by atoms with Crippen molar-refractivity contribution in [2.45, 2.75) is 6.42 Å². The van der Waals surface area contributed by atoms with Crippen molar-refractivity contribution in [1.82, 2.24) is 0 Å². The highest BCUT2D eigenvalue weighted by Crippen LogP contribution is 2.32. The van der Waals surface area contributed by atoms with Gasteiger partial charge in [-0.3, -0.25) is 4.79 Å². The monoisotopic (exact) mass is 309 g/mol. The van der Waals surface area contributed by atoms with E-state index >= 15 is 0 Å². The predicted octanol–water partition coefficient (Wildman–Crippen LogP) is 2.69. The molecular formula is C13H12BrNO3. The lowest BCUT2D eigenvalue weighted by Crippen LogP contribution is -2.25. The summed E-state index contributed by atoms with van der Waals surface area (Å²) >= 11 is 3.35. The fraction of sp³-hybridized carbons (Fsp3) is 0.231. The number of amides is 1. The molecule has 2 rings (SSSR count). The minimum absolute atomic E-state index is 0.0110. The van der Waals surface area contributed by atoms with Gasteiger partial charge in [0.05, 0.1) is 11.3 Å². The van der Waals surface area contributed by atoms with E-state index in [0.717, 1.165) is 0 Å². The van der Waals surface area contributed by atoms with Gasteiger partial charge in [0.2, 0.25) is 5.91 Å². The molecule has 0 spiro atoms. The van der Waals surface area contributed by atoms with Crippen LogP contribution in [0.4, 0.5) is 5.69 Å². The van der Waals surface area contributed by atoms with Gasteiger partial charge in [0, 0.05) is 23.4 Å². The number of aromatic carboxylic acids is 1. The second-order valence-corrected chi connectivity index (χ2v) is 5.03. The van der Waals surface area contributed by atoms with Crippen molar-refractivity contribution >= 4 is 33.5 Å². The smallest absolute Gasteiger partial charge is 0.335 e. The highest BCUT2D eigenvalue weighted by atomic mass is 79.9. The Bertz CT molecular complexity index is 527. The van der Waals surface area contributed by atoms with E-state index in [1.165, 1.54) is 12.1 Å². The van der Waals surface area contributed by atoms with Gasteiger partial charge in [0.25, 0.3) is 0 Å². The highest BCUT2D eigenvalue weighted by molar-refractivity contribution is 9.10. The summed E-state index contributed by atoms with van der Waals surface area (Å²) in [6, 6.07) is 4.66. The van der Waals surface area contributed by atoms with Crippen molar-refractivity contribution in [3.8, 4) is 0 Å². The fourth-order valence-electron chi connectivity index (χ4n) is 1.98. The Morgan fingerprint density at radius 1 is 1.56 bits per heavy atom. The predicted molar refractivity (Wildman–Crippen MR) is 71.8 cm³/mol. The SMILES string of the molecule is C=CC1CC(=O)N(c2cc(C(=O)O)ccc2Br)C1. The zero-order valence-corrected chi connectivity index (χ0v) is 11.2. The van der Waals surface area contributed by atoms with Gasteiger partial charge in [-0.1, -0.05) is 6.08 Å². The van der Waals surface area contributed by atoms with Gasteiger partial charge in [0.15, 0.2) is 0 Å². The molecule has 1 fully saturated rings. The fourth-order valence-corrected chi connectivity index (χ4v) is 2.44. The lowest BCUT2D eigenvalue weighted by Gasteiger charge is -2.18. The number of hydrogen-bond acceptors (Lipinski definition) is 2. The normalized spacial score (nSPS) is 19.1. The largest absolute Gasteiger partial charge is 0.478 e. The zero-order chi connectivity index (χ0) is 13.3. The second kappa shape index (κ2) is 4.94. The molecule has 1 saturated heterocycles. The molecule has 5 heteroatoms. The first kappa shape index (κ1) is 12.8. The standard InChI is InChI=1S/C13H12BrNO3/c1-2-8-5-12(16)15(7-8)11-6-9(13(17)18)3-4-10(11)14/h2-4,6,8H,1,5,7H2,(H,17,18). The molecule has 1 unspecified atom stereocenters. The number of carbonyl (C=O) groups is 2. The molecule has 1 amide bonds. The summed E-state index contributed by atoms with van der Waals surface area (Å²) < 4.78 is 0.713. The number of nitrogens with zero attached hydrogens (tertiary/aromatic N) is 1. The first-order valence-electron chi connectivity index (χ1n) is 5.48. The minimum Gasteiger partial charge on any atom is -0.478 e. The van der Waals surface area contributed by atoms with Crippen LogP contribution in [0.15, 0.2) is 35.3 Å². The molecular weight excluding hydrogens is 298 g/mol. The Kier molecular flexibility index (Phi) is 3.52. The van der Waals surface area contributed by atoms with Crippen LogP contribution in [0.2, 0.25) is 0 Å². The molecule has 18 heavy (non-hydrogen) atoms. The van der Waals surface area contributed by atoms with Crippen molar-refractivity contribution in [3.63, 3.8) is 0 Å². The van der Waals surface area contributed by atoms with Crippen LogP contribution in [0.3, 0.4) is 0 Å². The quantitative estimate of drug-likeness (QED) is 0.873. The third-order valence-corrected chi connectivity index (χ3v) is 3.64. The van der Waals surface area contributed by atoms with Crippen molar-refractivity contribution in [3.05, 3.63) is 40.9 Å². The lowest BCUT2D eigenvalue weighted by molar-refractivity contribution is -0.117. The van der Waals surface area contributed by atoms with E-state index in [1.54, 1.807) is 17.0 Å². The van der Waals surface area contributed by atoms with E-state index in [-0.39, 0.29) is 17.4 Å². The van der Waals surface area contributed by atoms with Gasteiger partial charge >= 0.3 is 5.97 Å². The van der Waals surface area contributed by atoms with Crippen molar-refractivity contribution in [2.24, 2.45) is 5.92 Å². The Hall–Kier alpha value is -1.62. The van der Waals surface area contributed by atoms with E-state index in [0.29, 0.717) is 23.1 Å². The van der Waals surface area contributed by atoms with E-state index in [2.05, 4.69) is 22.5 Å². The minimum atomic E-state index is -1.00. The Morgan fingerprint density at radius 3 is 2.83 bits per heavy atom. The molecule has 0 bridgehead atoms. The molecule has 0 aromatic heterocycles. The molecule has 0 saturated carbocycles. The van der Waals surface area contributed by atoms with E-state index in [4.69, 9.17) is 5.11 Å². The Morgan fingerprint density at radius 2 is 2.28 bits per heavy atom. The molecule has 1 N–H and O–H groups in total. The van der Waals surface area contributed by atoms with Crippen LogP contribution in [-0.2, 0) is 4.79 Å². The van der Waals surface area contributed by atoms with Crippen LogP contribution in [0.25, 0.3) is 0 Å². The summed E-state index contributed by atoms with van der Waals surface area (Å²) in [6.45, 7) is 4.23. The summed E-state index contributed by atoms with van der Waals surface area (Å²) in [5.74, 6) is -0.892. The zero-order valence-electron chi connectivity index (χ0n) is 9.60. The maximum atomic E-state index is 11.9. The van der Waals surface area contributed by atoms with Crippen LogP contribution in [-0.4, -0.2) is 23.5 Å². The molecule has 1 atom stereocenters. The van der Waals surface area contributed by atoms with Gasteiger partial charge in [0.1, 0.15) is 0 Å². The summed E-state index contributed by atoms with van der Waals surface area (Å²) in [4.78, 5) is 24.4. The number of carboxylic acids is 1. The van der Waals surface area contributed by atoms with Gasteiger partial charge in [-0.15, -0.1) is 6.58 Å². The number of anilines is 1. The third kappa shape index (κ3) is 2.31. The summed E-state index contributed by atoms with van der Waals surface area (Å²) in [5.41, 5.74) is 0.771. The topological polar surface area (TPSA) is 57.6 Å². The van der Waals surface area contributed by atoms with Crippen LogP contribution >= 0.6 is 15.9 Å². The molecule has 1 aromatic carbocycles.